The number of nitrogens with zero attached hydrogens (tertiary/aromatic N) is 1. The van der Waals surface area contributed by atoms with E-state index in [4.69, 9.17) is 15.2 Å². The first kappa shape index (κ1) is 47.8. The van der Waals surface area contributed by atoms with E-state index >= 15 is 0 Å². The van der Waals surface area contributed by atoms with Gasteiger partial charge in [0.2, 0.25) is 11.9 Å². The lowest BCUT2D eigenvalue weighted by Gasteiger charge is -2.21. The number of rotatable bonds is 29. The van der Waals surface area contributed by atoms with Crippen molar-refractivity contribution in [1.29, 1.82) is 0 Å². The van der Waals surface area contributed by atoms with Crippen LogP contribution in [0.5, 0.6) is 5.75 Å². The highest BCUT2D eigenvalue weighted by Crippen LogP contribution is 2.43. The normalized spacial score (nSPS) is 14.3. The van der Waals surface area contributed by atoms with E-state index in [1.54, 1.807) is 13.8 Å². The average molecular weight is 787 g/mol. The summed E-state index contributed by atoms with van der Waals surface area (Å²) in [5.41, 5.74) is 8.59. The lowest BCUT2D eigenvalue weighted by Crippen LogP contribution is -2.44. The van der Waals surface area contributed by atoms with Gasteiger partial charge in [0.1, 0.15) is 17.4 Å². The number of esters is 1. The zero-order chi connectivity index (χ0) is 40.9. The number of guanidine groups is 1. The van der Waals surface area contributed by atoms with Gasteiger partial charge in [-0.1, -0.05) is 89.2 Å². The smallest absolute Gasteiger partial charge is 0.328 e. The topological polar surface area (TPSA) is 149 Å². The molecule has 2 rings (SSSR count). The molecule has 0 radical (unpaired) electrons. The molecule has 0 saturated heterocycles. The van der Waals surface area contributed by atoms with E-state index in [1.807, 2.05) is 32.9 Å². The number of ether oxygens (including phenoxy) is 2. The van der Waals surface area contributed by atoms with Gasteiger partial charge in [-0.3, -0.25) is 9.79 Å². The highest BCUT2D eigenvalue weighted by Gasteiger charge is 2.36. The molecule has 0 aromatic heterocycles. The maximum atomic E-state index is 13.7. The molecule has 0 aliphatic carbocycles. The first-order valence-electron chi connectivity index (χ1n) is 20.9. The number of methoxy groups -OCH3 is 1. The molecule has 1 aliphatic rings. The molecule has 1 aromatic carbocycles. The maximum absolute atomic E-state index is 13.7. The Bertz CT molecular complexity index is 1490. The number of unbranched alkanes of at least 4 members (excludes halogenated alkanes) is 14. The Morgan fingerprint density at radius 3 is 1.84 bits per heavy atom. The molecule has 10 nitrogen and oxygen atoms in total. The number of benzene rings is 1. The number of hydrogen-bond donors (Lipinski definition) is 3. The van der Waals surface area contributed by atoms with E-state index in [2.05, 4.69) is 28.2 Å². The van der Waals surface area contributed by atoms with Crippen molar-refractivity contribution in [1.82, 2.24) is 10.0 Å². The van der Waals surface area contributed by atoms with Crippen LogP contribution >= 0.6 is 0 Å². The molecule has 312 valence electrons. The number of nitrogens with one attached hydrogen (secondary N) is 2. The van der Waals surface area contributed by atoms with Crippen LogP contribution in [0.15, 0.2) is 35.2 Å². The van der Waals surface area contributed by atoms with Crippen LogP contribution in [0.2, 0.25) is 0 Å². The van der Waals surface area contributed by atoms with Crippen LogP contribution in [0.3, 0.4) is 0 Å². The standard InChI is InChI=1S/C44H74N4O6S/c1-9-11-13-15-17-19-21-23-25-28-36(29-26-24-22-20-18-16-14-12-10-2)41(49)47-38(42(50)53-8)30-27-31-46-43(45)48-55(51,52)40-34(4)33(3)39-37(35(40)5)32-44(6,7)54-39/h9-10,36,38H,1-2,11-32H2,3-8H3,(H,47,49)(H3,45,46,48)/t38-/m0/s1. The van der Waals surface area contributed by atoms with Gasteiger partial charge < -0.3 is 20.5 Å². The molecule has 1 aliphatic heterocycles. The molecule has 4 N–H and O–H groups in total. The summed E-state index contributed by atoms with van der Waals surface area (Å²) in [7, 11) is -2.72. The van der Waals surface area contributed by atoms with Crippen LogP contribution in [0.4, 0.5) is 0 Å². The Labute approximate surface area is 334 Å². The van der Waals surface area contributed by atoms with Crippen molar-refractivity contribution < 1.29 is 27.5 Å². The van der Waals surface area contributed by atoms with Gasteiger partial charge in [0.15, 0.2) is 0 Å². The molecule has 0 saturated carbocycles. The second kappa shape index (κ2) is 25.0. The molecular weight excluding hydrogens is 713 g/mol. The summed E-state index contributed by atoms with van der Waals surface area (Å²) in [5.74, 6) is -0.267. The SMILES string of the molecule is C=CCCCCCCCCCC(CCCCCCCCCC=C)C(=O)N[C@@H](CCCN=C(N)NS(=O)(=O)c1c(C)c(C)c2c(c1C)CC(C)(C)O2)C(=O)OC. The average Bonchev–Trinajstić information content (AvgIpc) is 3.47. The second-order valence-corrected chi connectivity index (χ2v) is 17.6. The van der Waals surface area contributed by atoms with Crippen molar-refractivity contribution in [3.05, 3.63) is 47.6 Å². The minimum absolute atomic E-state index is 0.107. The molecule has 55 heavy (non-hydrogen) atoms. The Kier molecular flexibility index (Phi) is 21.8. The monoisotopic (exact) mass is 787 g/mol. The summed E-state index contributed by atoms with van der Waals surface area (Å²) < 4.78 is 40.8. The number of carbonyl (C=O) groups excluding carboxylic acids is 2. The number of carbonyl (C=O) groups is 2. The molecule has 1 amide bonds. The van der Waals surface area contributed by atoms with Crippen LogP contribution in [-0.4, -0.2) is 51.6 Å². The lowest BCUT2D eigenvalue weighted by molar-refractivity contribution is -0.145. The third-order valence-electron chi connectivity index (χ3n) is 10.8. The summed E-state index contributed by atoms with van der Waals surface area (Å²) in [4.78, 5) is 30.9. The van der Waals surface area contributed by atoms with Gasteiger partial charge in [0.05, 0.1) is 12.0 Å². The van der Waals surface area contributed by atoms with E-state index in [0.717, 1.165) is 68.2 Å². The van der Waals surface area contributed by atoms with Gasteiger partial charge in [-0.25, -0.2) is 17.9 Å². The van der Waals surface area contributed by atoms with Crippen molar-refractivity contribution in [3.63, 3.8) is 0 Å². The van der Waals surface area contributed by atoms with Crippen LogP contribution in [0.1, 0.15) is 165 Å². The van der Waals surface area contributed by atoms with E-state index in [1.165, 1.54) is 71.3 Å². The van der Waals surface area contributed by atoms with Gasteiger partial charge >= 0.3 is 5.97 Å². The molecule has 11 heteroatoms. The van der Waals surface area contributed by atoms with E-state index < -0.39 is 27.6 Å². The van der Waals surface area contributed by atoms with Gasteiger partial charge in [-0.05, 0) is 103 Å². The zero-order valence-corrected chi connectivity index (χ0v) is 36.0. The summed E-state index contributed by atoms with van der Waals surface area (Å²) in [6, 6.07) is -0.828. The molecule has 0 bridgehead atoms. The number of sulfonamides is 1. The van der Waals surface area contributed by atoms with Gasteiger partial charge in [0, 0.05) is 24.4 Å². The predicted molar refractivity (Wildman–Crippen MR) is 226 cm³/mol. The van der Waals surface area contributed by atoms with Crippen LogP contribution in [0, 0.1) is 26.7 Å². The first-order valence-corrected chi connectivity index (χ1v) is 22.4. The fraction of sp³-hybridized carbons (Fsp3) is 0.705. The van der Waals surface area contributed by atoms with Crippen molar-refractivity contribution in [3.8, 4) is 5.75 Å². The minimum atomic E-state index is -4.03. The van der Waals surface area contributed by atoms with Gasteiger partial charge in [-0.15, -0.1) is 13.2 Å². The molecule has 0 unspecified atom stereocenters. The fourth-order valence-electron chi connectivity index (χ4n) is 7.58. The Balaban J connectivity index is 1.98. The zero-order valence-electron chi connectivity index (χ0n) is 35.2. The van der Waals surface area contributed by atoms with Crippen molar-refractivity contribution >= 4 is 27.9 Å². The summed E-state index contributed by atoms with van der Waals surface area (Å²) in [5, 5.41) is 2.99. The van der Waals surface area contributed by atoms with Crippen molar-refractivity contribution in [2.24, 2.45) is 16.6 Å². The molecule has 1 aromatic rings. The number of allylic oxidation sites excluding steroid dienone is 2. The number of hydrogen-bond acceptors (Lipinski definition) is 7. The fourth-order valence-corrected chi connectivity index (χ4v) is 9.10. The van der Waals surface area contributed by atoms with Gasteiger partial charge in [-0.2, -0.15) is 0 Å². The molecule has 0 fully saturated rings. The van der Waals surface area contributed by atoms with Crippen molar-refractivity contribution in [2.45, 2.75) is 186 Å². The Morgan fingerprint density at radius 2 is 1.33 bits per heavy atom. The number of amides is 1. The lowest BCUT2D eigenvalue weighted by atomic mass is 9.92. The second-order valence-electron chi connectivity index (χ2n) is 16.0. The first-order chi connectivity index (χ1) is 26.2. The van der Waals surface area contributed by atoms with Crippen LogP contribution in [-0.2, 0) is 30.8 Å². The highest BCUT2D eigenvalue weighted by atomic mass is 32.2. The van der Waals surface area contributed by atoms with Crippen molar-refractivity contribution in [2.75, 3.05) is 13.7 Å². The quantitative estimate of drug-likeness (QED) is 0.0241. The summed E-state index contributed by atoms with van der Waals surface area (Å²) in [6.07, 6.45) is 25.2. The van der Waals surface area contributed by atoms with Crippen LogP contribution in [0.25, 0.3) is 0 Å². The number of nitrogens with two attached hydrogens (primary N) is 1. The van der Waals surface area contributed by atoms with E-state index in [9.17, 15) is 18.0 Å². The number of aliphatic imine (C=N–C) groups is 1. The minimum Gasteiger partial charge on any atom is -0.487 e. The largest absolute Gasteiger partial charge is 0.487 e. The molecule has 1 atom stereocenters. The predicted octanol–water partition coefficient (Wildman–Crippen LogP) is 9.37. The summed E-state index contributed by atoms with van der Waals surface area (Å²) >= 11 is 0. The number of fused-ring (bicyclic) bond motifs is 1. The third kappa shape index (κ3) is 16.7. The molecule has 1 heterocycles. The van der Waals surface area contributed by atoms with Gasteiger partial charge in [0.25, 0.3) is 10.0 Å². The summed E-state index contributed by atoms with van der Waals surface area (Å²) in [6.45, 7) is 17.2. The van der Waals surface area contributed by atoms with E-state index in [0.29, 0.717) is 24.0 Å². The third-order valence-corrected chi connectivity index (χ3v) is 12.5. The molecular formula is C44H74N4O6S. The van der Waals surface area contributed by atoms with E-state index in [-0.39, 0.29) is 35.6 Å². The Hall–Kier alpha value is -3.34. The highest BCUT2D eigenvalue weighted by molar-refractivity contribution is 7.90. The Morgan fingerprint density at radius 1 is 0.818 bits per heavy atom. The molecule has 0 spiro atoms. The maximum Gasteiger partial charge on any atom is 0.328 e. The van der Waals surface area contributed by atoms with Crippen LogP contribution < -0.4 is 20.5 Å².